The number of esters is 1. The van der Waals surface area contributed by atoms with E-state index in [4.69, 9.17) is 14.6 Å². The minimum absolute atomic E-state index is 0.148. The van der Waals surface area contributed by atoms with Crippen LogP contribution in [0.5, 0.6) is 0 Å². The summed E-state index contributed by atoms with van der Waals surface area (Å²) in [6.07, 6.45) is 2.85. The van der Waals surface area contributed by atoms with Crippen LogP contribution >= 0.6 is 0 Å². The molecule has 0 bridgehead atoms. The van der Waals surface area contributed by atoms with E-state index in [2.05, 4.69) is 11.4 Å². The van der Waals surface area contributed by atoms with Crippen LogP contribution in [-0.2, 0) is 20.9 Å². The Kier molecular flexibility index (Phi) is 6.97. The number of carbonyl (C=O) groups is 2. The molecule has 1 amide bonds. The van der Waals surface area contributed by atoms with Crippen LogP contribution in [0.2, 0.25) is 0 Å². The molecule has 0 unspecified atom stereocenters. The highest BCUT2D eigenvalue weighted by atomic mass is 16.5. The van der Waals surface area contributed by atoms with Crippen molar-refractivity contribution in [2.75, 3.05) is 11.9 Å². The normalized spacial score (nSPS) is 15.2. The predicted molar refractivity (Wildman–Crippen MR) is 139 cm³/mol. The zero-order chi connectivity index (χ0) is 25.8. The topological polar surface area (TPSA) is 106 Å². The number of benzene rings is 3. The van der Waals surface area contributed by atoms with Crippen LogP contribution < -0.4 is 5.32 Å². The van der Waals surface area contributed by atoms with Gasteiger partial charge in [0.1, 0.15) is 12.3 Å². The summed E-state index contributed by atoms with van der Waals surface area (Å²) >= 11 is 0. The fourth-order valence-electron chi connectivity index (χ4n) is 4.44. The second-order valence-electron chi connectivity index (χ2n) is 8.97. The molecule has 1 atom stereocenters. The van der Waals surface area contributed by atoms with E-state index in [9.17, 15) is 14.9 Å². The fraction of sp³-hybridized carbons (Fsp3) is 0.241. The minimum Gasteiger partial charge on any atom is -0.461 e. The quantitative estimate of drug-likeness (QED) is 0.350. The van der Waals surface area contributed by atoms with Crippen LogP contribution in [0.25, 0.3) is 22.2 Å². The van der Waals surface area contributed by atoms with Crippen LogP contribution in [-0.4, -0.2) is 28.3 Å². The van der Waals surface area contributed by atoms with Crippen molar-refractivity contribution in [2.24, 2.45) is 0 Å². The molecule has 8 heteroatoms. The number of rotatable bonds is 6. The molecule has 1 aromatic heterocycles. The van der Waals surface area contributed by atoms with Crippen LogP contribution in [0.1, 0.15) is 53.9 Å². The third-order valence-electron chi connectivity index (χ3n) is 6.32. The SMILES string of the molecule is CC(=O)OCc1ccc(C(=O)Nc2cccc(-c3nn([C@H]4CCCCO4)c4ccc(C#N)cc34)c2)cc1. The Labute approximate surface area is 214 Å². The lowest BCUT2D eigenvalue weighted by Gasteiger charge is -2.23. The number of ether oxygens (including phenoxy) is 2. The molecule has 1 aliphatic heterocycles. The van der Waals surface area contributed by atoms with Gasteiger partial charge >= 0.3 is 5.97 Å². The molecule has 0 saturated carbocycles. The van der Waals surface area contributed by atoms with Crippen molar-refractivity contribution in [3.05, 3.63) is 83.4 Å². The molecule has 2 heterocycles. The number of amides is 1. The lowest BCUT2D eigenvalue weighted by Crippen LogP contribution is -2.19. The molecular formula is C29H26N4O4. The van der Waals surface area contributed by atoms with Gasteiger partial charge in [-0.1, -0.05) is 24.3 Å². The van der Waals surface area contributed by atoms with Gasteiger partial charge in [0, 0.05) is 35.7 Å². The summed E-state index contributed by atoms with van der Waals surface area (Å²) in [4.78, 5) is 23.9. The highest BCUT2D eigenvalue weighted by molar-refractivity contribution is 6.05. The number of hydrogen-bond acceptors (Lipinski definition) is 6. The summed E-state index contributed by atoms with van der Waals surface area (Å²) < 4.78 is 12.9. The molecule has 3 aromatic carbocycles. The van der Waals surface area contributed by atoms with Gasteiger partial charge in [-0.25, -0.2) is 4.68 Å². The molecule has 37 heavy (non-hydrogen) atoms. The Morgan fingerprint density at radius 2 is 1.97 bits per heavy atom. The predicted octanol–water partition coefficient (Wildman–Crippen LogP) is 5.59. The van der Waals surface area contributed by atoms with Gasteiger partial charge in [-0.3, -0.25) is 9.59 Å². The van der Waals surface area contributed by atoms with E-state index in [1.165, 1.54) is 6.92 Å². The van der Waals surface area contributed by atoms with E-state index in [0.717, 1.165) is 47.0 Å². The van der Waals surface area contributed by atoms with Gasteiger partial charge in [0.05, 0.1) is 17.1 Å². The van der Waals surface area contributed by atoms with Crippen molar-refractivity contribution in [3.8, 4) is 17.3 Å². The average molecular weight is 495 g/mol. The maximum absolute atomic E-state index is 12.9. The van der Waals surface area contributed by atoms with Crippen LogP contribution in [0.4, 0.5) is 5.69 Å². The first-order valence-electron chi connectivity index (χ1n) is 12.2. The van der Waals surface area contributed by atoms with Gasteiger partial charge in [0.15, 0.2) is 6.23 Å². The van der Waals surface area contributed by atoms with Gasteiger partial charge in [-0.05, 0) is 67.3 Å². The smallest absolute Gasteiger partial charge is 0.302 e. The standard InChI is InChI=1S/C29H26N4O4/c1-19(34)37-18-20-8-11-22(12-9-20)29(35)31-24-6-4-5-23(16-24)28-25-15-21(17-30)10-13-26(25)33(32-28)27-7-2-3-14-36-27/h4-6,8-13,15-16,27H,2-3,7,14,18H2,1H3,(H,31,35)/t27-/m1/s1. The molecule has 4 aromatic rings. The number of nitriles is 1. The molecule has 1 saturated heterocycles. The third kappa shape index (κ3) is 5.37. The van der Waals surface area contributed by atoms with Gasteiger partial charge in [0.2, 0.25) is 0 Å². The van der Waals surface area contributed by atoms with Gasteiger partial charge in [0.25, 0.3) is 5.91 Å². The molecule has 0 aliphatic carbocycles. The van der Waals surface area contributed by atoms with E-state index in [0.29, 0.717) is 23.4 Å². The van der Waals surface area contributed by atoms with Crippen molar-refractivity contribution in [1.29, 1.82) is 5.26 Å². The number of nitrogens with zero attached hydrogens (tertiary/aromatic N) is 3. The highest BCUT2D eigenvalue weighted by Crippen LogP contribution is 2.34. The number of carbonyl (C=O) groups excluding carboxylic acids is 2. The molecule has 1 N–H and O–H groups in total. The summed E-state index contributed by atoms with van der Waals surface area (Å²) in [7, 11) is 0. The first kappa shape index (κ1) is 24.2. The second-order valence-corrected chi connectivity index (χ2v) is 8.97. The summed E-state index contributed by atoms with van der Waals surface area (Å²) in [6, 6.07) is 22.2. The Hall–Kier alpha value is -4.48. The molecule has 0 radical (unpaired) electrons. The van der Waals surface area contributed by atoms with Gasteiger partial charge in [-0.2, -0.15) is 10.4 Å². The monoisotopic (exact) mass is 494 g/mol. The number of hydrogen-bond donors (Lipinski definition) is 1. The third-order valence-corrected chi connectivity index (χ3v) is 6.32. The number of aromatic nitrogens is 2. The van der Waals surface area contributed by atoms with E-state index < -0.39 is 0 Å². The van der Waals surface area contributed by atoms with Crippen LogP contribution in [0, 0.1) is 11.3 Å². The van der Waals surface area contributed by atoms with Crippen molar-refractivity contribution in [2.45, 2.75) is 39.0 Å². The average Bonchev–Trinajstić information content (AvgIpc) is 3.31. The highest BCUT2D eigenvalue weighted by Gasteiger charge is 2.22. The summed E-state index contributed by atoms with van der Waals surface area (Å²) in [5.74, 6) is -0.608. The first-order valence-corrected chi connectivity index (χ1v) is 12.2. The Bertz CT molecular complexity index is 1490. The molecular weight excluding hydrogens is 468 g/mol. The lowest BCUT2D eigenvalue weighted by atomic mass is 10.0. The van der Waals surface area contributed by atoms with Crippen molar-refractivity contribution in [3.63, 3.8) is 0 Å². The number of fused-ring (bicyclic) bond motifs is 1. The largest absolute Gasteiger partial charge is 0.461 e. The van der Waals surface area contributed by atoms with Crippen molar-refractivity contribution < 1.29 is 19.1 Å². The molecule has 1 fully saturated rings. The van der Waals surface area contributed by atoms with Crippen LogP contribution in [0.3, 0.4) is 0 Å². The number of nitrogens with one attached hydrogen (secondary N) is 1. The minimum atomic E-state index is -0.352. The maximum atomic E-state index is 12.9. The van der Waals surface area contributed by atoms with Crippen LogP contribution in [0.15, 0.2) is 66.7 Å². The van der Waals surface area contributed by atoms with Crippen molar-refractivity contribution in [1.82, 2.24) is 9.78 Å². The maximum Gasteiger partial charge on any atom is 0.302 e. The molecule has 1 aliphatic rings. The zero-order valence-electron chi connectivity index (χ0n) is 20.4. The molecule has 5 rings (SSSR count). The number of anilines is 1. The van der Waals surface area contributed by atoms with E-state index >= 15 is 0 Å². The zero-order valence-corrected chi connectivity index (χ0v) is 20.4. The van der Waals surface area contributed by atoms with E-state index in [-0.39, 0.29) is 24.7 Å². The molecule has 0 spiro atoms. The molecule has 8 nitrogen and oxygen atoms in total. The Morgan fingerprint density at radius 1 is 1.14 bits per heavy atom. The first-order chi connectivity index (χ1) is 18.0. The van der Waals surface area contributed by atoms with E-state index in [1.807, 2.05) is 41.1 Å². The Balaban J connectivity index is 1.42. The lowest BCUT2D eigenvalue weighted by molar-refractivity contribution is -0.142. The van der Waals surface area contributed by atoms with E-state index in [1.54, 1.807) is 30.3 Å². The molecule has 186 valence electrons. The van der Waals surface area contributed by atoms with Gasteiger partial charge in [-0.15, -0.1) is 0 Å². The van der Waals surface area contributed by atoms with Gasteiger partial charge < -0.3 is 14.8 Å². The van der Waals surface area contributed by atoms with Crippen molar-refractivity contribution >= 4 is 28.5 Å². The fourth-order valence-corrected chi connectivity index (χ4v) is 4.44. The second kappa shape index (κ2) is 10.6. The summed E-state index contributed by atoms with van der Waals surface area (Å²) in [5.41, 5.74) is 4.93. The summed E-state index contributed by atoms with van der Waals surface area (Å²) in [5, 5.41) is 18.2. The summed E-state index contributed by atoms with van der Waals surface area (Å²) in [6.45, 7) is 2.22. The Morgan fingerprint density at radius 3 is 2.70 bits per heavy atom.